The number of nitrogens with one attached hydrogen (secondary N) is 1. The average molecular weight is 251 g/mol. The smallest absolute Gasteiger partial charge is 0.0637 e. The number of anilines is 1. The molecule has 0 aliphatic heterocycles. The molecule has 1 aromatic rings. The van der Waals surface area contributed by atoms with Crippen LogP contribution in [-0.4, -0.2) is 38.3 Å². The van der Waals surface area contributed by atoms with Crippen molar-refractivity contribution in [2.75, 3.05) is 32.2 Å². The Morgan fingerprint density at radius 2 is 2.28 bits per heavy atom. The molecule has 1 aromatic heterocycles. The lowest BCUT2D eigenvalue weighted by Gasteiger charge is -2.32. The summed E-state index contributed by atoms with van der Waals surface area (Å²) < 4.78 is 5.22. The lowest BCUT2D eigenvalue weighted by atomic mass is 10.1. The number of ether oxygens (including phenoxy) is 1. The number of pyridine rings is 1. The lowest BCUT2D eigenvalue weighted by molar-refractivity contribution is 0.203. The zero-order valence-corrected chi connectivity index (χ0v) is 11.9. The van der Waals surface area contributed by atoms with Gasteiger partial charge in [-0.2, -0.15) is 0 Å². The Morgan fingerprint density at radius 3 is 2.89 bits per heavy atom. The third-order valence-corrected chi connectivity index (χ3v) is 3.21. The summed E-state index contributed by atoms with van der Waals surface area (Å²) in [5.74, 6) is 0. The second-order valence-electron chi connectivity index (χ2n) is 4.48. The Labute approximate surface area is 110 Å². The SMILES string of the molecule is CCC(C)N(CCOC)c1ccncc1CNC. The molecule has 0 aliphatic rings. The Kier molecular flexibility index (Phi) is 6.68. The van der Waals surface area contributed by atoms with Crippen LogP contribution in [0, 0.1) is 0 Å². The molecule has 1 heterocycles. The van der Waals surface area contributed by atoms with Crippen LogP contribution in [-0.2, 0) is 11.3 Å². The first-order valence-corrected chi connectivity index (χ1v) is 6.57. The molecular weight excluding hydrogens is 226 g/mol. The van der Waals surface area contributed by atoms with Gasteiger partial charge in [-0.25, -0.2) is 0 Å². The molecule has 1 atom stereocenters. The van der Waals surface area contributed by atoms with Gasteiger partial charge in [-0.15, -0.1) is 0 Å². The molecule has 0 amide bonds. The first kappa shape index (κ1) is 14.9. The molecule has 0 radical (unpaired) electrons. The van der Waals surface area contributed by atoms with Crippen LogP contribution in [0.25, 0.3) is 0 Å². The molecule has 0 spiro atoms. The van der Waals surface area contributed by atoms with Crippen LogP contribution in [0.1, 0.15) is 25.8 Å². The summed E-state index contributed by atoms with van der Waals surface area (Å²) in [5.41, 5.74) is 2.49. The fourth-order valence-electron chi connectivity index (χ4n) is 2.01. The van der Waals surface area contributed by atoms with Gasteiger partial charge in [0.05, 0.1) is 6.61 Å². The van der Waals surface area contributed by atoms with Crippen molar-refractivity contribution in [2.24, 2.45) is 0 Å². The third-order valence-electron chi connectivity index (χ3n) is 3.21. The highest BCUT2D eigenvalue weighted by Gasteiger charge is 2.15. The van der Waals surface area contributed by atoms with E-state index >= 15 is 0 Å². The Balaban J connectivity index is 2.95. The maximum Gasteiger partial charge on any atom is 0.0637 e. The number of hydrogen-bond acceptors (Lipinski definition) is 4. The minimum atomic E-state index is 0.498. The van der Waals surface area contributed by atoms with Gasteiger partial charge in [0.1, 0.15) is 0 Å². The summed E-state index contributed by atoms with van der Waals surface area (Å²) >= 11 is 0. The molecule has 0 aromatic carbocycles. The standard InChI is InChI=1S/C14H25N3O/c1-5-12(2)17(8-9-18-4)14-6-7-16-11-13(14)10-15-3/h6-7,11-12,15H,5,8-10H2,1-4H3. The van der Waals surface area contributed by atoms with Crippen molar-refractivity contribution in [3.05, 3.63) is 24.0 Å². The van der Waals surface area contributed by atoms with E-state index in [0.29, 0.717) is 6.04 Å². The molecule has 0 saturated heterocycles. The van der Waals surface area contributed by atoms with E-state index in [0.717, 1.165) is 26.1 Å². The van der Waals surface area contributed by atoms with Crippen molar-refractivity contribution in [3.8, 4) is 0 Å². The first-order chi connectivity index (χ1) is 8.74. The van der Waals surface area contributed by atoms with Crippen LogP contribution in [0.2, 0.25) is 0 Å². The summed E-state index contributed by atoms with van der Waals surface area (Å²) in [4.78, 5) is 6.61. The van der Waals surface area contributed by atoms with Crippen molar-refractivity contribution in [1.29, 1.82) is 0 Å². The molecule has 18 heavy (non-hydrogen) atoms. The summed E-state index contributed by atoms with van der Waals surface area (Å²) in [5, 5.41) is 3.19. The summed E-state index contributed by atoms with van der Waals surface area (Å²) in [6.45, 7) is 6.95. The van der Waals surface area contributed by atoms with E-state index in [9.17, 15) is 0 Å². The van der Waals surface area contributed by atoms with Gasteiger partial charge in [0.2, 0.25) is 0 Å². The molecule has 0 fully saturated rings. The van der Waals surface area contributed by atoms with Gasteiger partial charge >= 0.3 is 0 Å². The second kappa shape index (κ2) is 8.06. The van der Waals surface area contributed by atoms with E-state index in [2.05, 4.69) is 35.1 Å². The van der Waals surface area contributed by atoms with E-state index in [-0.39, 0.29) is 0 Å². The fraction of sp³-hybridized carbons (Fsp3) is 0.643. The van der Waals surface area contributed by atoms with Gasteiger partial charge in [0.25, 0.3) is 0 Å². The summed E-state index contributed by atoms with van der Waals surface area (Å²) in [6.07, 6.45) is 4.91. The van der Waals surface area contributed by atoms with Gasteiger partial charge in [0.15, 0.2) is 0 Å². The molecule has 4 heteroatoms. The monoisotopic (exact) mass is 251 g/mol. The number of methoxy groups -OCH3 is 1. The minimum Gasteiger partial charge on any atom is -0.383 e. The zero-order chi connectivity index (χ0) is 13.4. The maximum absolute atomic E-state index is 5.22. The van der Waals surface area contributed by atoms with E-state index in [4.69, 9.17) is 4.74 Å². The fourth-order valence-corrected chi connectivity index (χ4v) is 2.01. The summed E-state index contributed by atoms with van der Waals surface area (Å²) in [7, 11) is 3.70. The maximum atomic E-state index is 5.22. The quantitative estimate of drug-likeness (QED) is 0.767. The molecule has 102 valence electrons. The van der Waals surface area contributed by atoms with Gasteiger partial charge < -0.3 is 15.0 Å². The predicted molar refractivity (Wildman–Crippen MR) is 76.0 cm³/mol. The highest BCUT2D eigenvalue weighted by atomic mass is 16.5. The van der Waals surface area contributed by atoms with Crippen molar-refractivity contribution in [2.45, 2.75) is 32.9 Å². The molecule has 0 bridgehead atoms. The topological polar surface area (TPSA) is 37.4 Å². The molecule has 0 saturated carbocycles. The van der Waals surface area contributed by atoms with Crippen LogP contribution < -0.4 is 10.2 Å². The highest BCUT2D eigenvalue weighted by molar-refractivity contribution is 5.53. The number of nitrogens with zero attached hydrogens (tertiary/aromatic N) is 2. The van der Waals surface area contributed by atoms with Crippen molar-refractivity contribution < 1.29 is 4.74 Å². The highest BCUT2D eigenvalue weighted by Crippen LogP contribution is 2.22. The van der Waals surface area contributed by atoms with E-state index in [1.807, 2.05) is 19.4 Å². The lowest BCUT2D eigenvalue weighted by Crippen LogP contribution is -2.36. The zero-order valence-electron chi connectivity index (χ0n) is 11.9. The van der Waals surface area contributed by atoms with Crippen LogP contribution in [0.15, 0.2) is 18.5 Å². The van der Waals surface area contributed by atoms with Crippen LogP contribution >= 0.6 is 0 Å². The largest absolute Gasteiger partial charge is 0.383 e. The van der Waals surface area contributed by atoms with Gasteiger partial charge in [-0.1, -0.05) is 6.92 Å². The van der Waals surface area contributed by atoms with Crippen LogP contribution in [0.5, 0.6) is 0 Å². The number of aromatic nitrogens is 1. The average Bonchev–Trinajstić information content (AvgIpc) is 2.40. The van der Waals surface area contributed by atoms with E-state index < -0.39 is 0 Å². The van der Waals surface area contributed by atoms with Crippen LogP contribution in [0.3, 0.4) is 0 Å². The molecule has 0 aliphatic carbocycles. The molecule has 1 rings (SSSR count). The molecule has 1 N–H and O–H groups in total. The number of hydrogen-bond donors (Lipinski definition) is 1. The Hall–Kier alpha value is -1.13. The minimum absolute atomic E-state index is 0.498. The van der Waals surface area contributed by atoms with E-state index in [1.54, 1.807) is 7.11 Å². The second-order valence-corrected chi connectivity index (χ2v) is 4.48. The van der Waals surface area contributed by atoms with Crippen molar-refractivity contribution in [1.82, 2.24) is 10.3 Å². The van der Waals surface area contributed by atoms with Gasteiger partial charge in [0, 0.05) is 49.9 Å². The van der Waals surface area contributed by atoms with E-state index in [1.165, 1.54) is 11.3 Å². The van der Waals surface area contributed by atoms with Gasteiger partial charge in [-0.3, -0.25) is 4.98 Å². The Bertz CT molecular complexity index is 344. The van der Waals surface area contributed by atoms with Crippen molar-refractivity contribution >= 4 is 5.69 Å². The summed E-state index contributed by atoms with van der Waals surface area (Å²) in [6, 6.07) is 2.59. The molecule has 1 unspecified atom stereocenters. The molecule has 4 nitrogen and oxygen atoms in total. The van der Waals surface area contributed by atoms with Crippen molar-refractivity contribution in [3.63, 3.8) is 0 Å². The molecular formula is C14H25N3O. The third kappa shape index (κ3) is 3.96. The predicted octanol–water partition coefficient (Wildman–Crippen LogP) is 2.05. The number of rotatable bonds is 8. The Morgan fingerprint density at radius 1 is 1.50 bits per heavy atom. The van der Waals surface area contributed by atoms with Crippen LogP contribution in [0.4, 0.5) is 5.69 Å². The normalized spacial score (nSPS) is 12.4. The first-order valence-electron chi connectivity index (χ1n) is 6.57. The van der Waals surface area contributed by atoms with Gasteiger partial charge in [-0.05, 0) is 26.5 Å².